The van der Waals surface area contributed by atoms with E-state index >= 15 is 0 Å². The molecule has 0 amide bonds. The van der Waals surface area contributed by atoms with E-state index in [1.54, 1.807) is 6.92 Å². The minimum absolute atomic E-state index is 0.107. The molecule has 2 N–H and O–H groups in total. The number of aliphatic hydroxyl groups is 1. The summed E-state index contributed by atoms with van der Waals surface area (Å²) in [5.74, 6) is -1.21. The van der Waals surface area contributed by atoms with E-state index in [9.17, 15) is 9.90 Å². The molecule has 0 radical (unpaired) electrons. The molecule has 0 aliphatic carbocycles. The molecule has 0 bridgehead atoms. The second-order valence-electron chi connectivity index (χ2n) is 3.05. The van der Waals surface area contributed by atoms with Crippen molar-refractivity contribution in [3.8, 4) is 0 Å². The molecule has 0 saturated heterocycles. The minimum Gasteiger partial charge on any atom is -0.479 e. The molecule has 72 valence electrons. The van der Waals surface area contributed by atoms with E-state index in [-0.39, 0.29) is 12.5 Å². The van der Waals surface area contributed by atoms with Crippen LogP contribution in [0.4, 0.5) is 0 Å². The summed E-state index contributed by atoms with van der Waals surface area (Å²) in [5, 5.41) is 17.9. The number of hydrogen-bond acceptors (Lipinski definition) is 3. The van der Waals surface area contributed by atoms with Crippen LogP contribution in [-0.4, -0.2) is 34.5 Å². The Balaban J connectivity index is 3.96. The number of carboxylic acids is 1. The van der Waals surface area contributed by atoms with E-state index in [1.165, 1.54) is 6.92 Å². The summed E-state index contributed by atoms with van der Waals surface area (Å²) < 4.78 is 5.10. The van der Waals surface area contributed by atoms with Gasteiger partial charge in [-0.1, -0.05) is 0 Å². The average molecular weight is 176 g/mol. The highest BCUT2D eigenvalue weighted by atomic mass is 16.5. The molecule has 0 aromatic rings. The molecule has 2 atom stereocenters. The Morgan fingerprint density at radius 3 is 2.50 bits per heavy atom. The van der Waals surface area contributed by atoms with E-state index < -0.39 is 11.6 Å². The van der Waals surface area contributed by atoms with Crippen molar-refractivity contribution in [2.24, 2.45) is 0 Å². The van der Waals surface area contributed by atoms with Crippen molar-refractivity contribution in [3.63, 3.8) is 0 Å². The van der Waals surface area contributed by atoms with Gasteiger partial charge in [-0.25, -0.2) is 4.79 Å². The largest absolute Gasteiger partial charge is 0.479 e. The van der Waals surface area contributed by atoms with Crippen LogP contribution in [-0.2, 0) is 9.53 Å². The van der Waals surface area contributed by atoms with Crippen LogP contribution in [0.5, 0.6) is 0 Å². The van der Waals surface area contributed by atoms with Crippen LogP contribution in [0.25, 0.3) is 0 Å². The van der Waals surface area contributed by atoms with Gasteiger partial charge in [0, 0.05) is 13.0 Å². The molecule has 0 aromatic carbocycles. The van der Waals surface area contributed by atoms with Gasteiger partial charge in [-0.3, -0.25) is 0 Å². The predicted molar refractivity (Wildman–Crippen MR) is 44.0 cm³/mol. The van der Waals surface area contributed by atoms with Crippen LogP contribution in [0.3, 0.4) is 0 Å². The number of hydrogen-bond donors (Lipinski definition) is 2. The van der Waals surface area contributed by atoms with Crippen LogP contribution in [0.1, 0.15) is 27.2 Å². The lowest BCUT2D eigenvalue weighted by atomic mass is 10.00. The summed E-state index contributed by atoms with van der Waals surface area (Å²) in [6.45, 7) is 5.36. The third kappa shape index (κ3) is 3.69. The molecule has 0 spiro atoms. The predicted octanol–water partition coefficient (Wildman–Crippen LogP) is 0.637. The maximum Gasteiger partial charge on any atom is 0.335 e. The van der Waals surface area contributed by atoms with E-state index in [4.69, 9.17) is 9.84 Å². The number of rotatable bonds is 5. The molecule has 4 heteroatoms. The second kappa shape index (κ2) is 4.42. The first kappa shape index (κ1) is 11.4. The van der Waals surface area contributed by atoms with Crippen LogP contribution < -0.4 is 0 Å². The first-order valence-electron chi connectivity index (χ1n) is 3.97. The molecular weight excluding hydrogens is 160 g/mol. The van der Waals surface area contributed by atoms with Crippen molar-refractivity contribution in [2.75, 3.05) is 6.61 Å². The summed E-state index contributed by atoms with van der Waals surface area (Å²) in [7, 11) is 0. The van der Waals surface area contributed by atoms with Gasteiger partial charge < -0.3 is 14.9 Å². The maximum absolute atomic E-state index is 10.5. The van der Waals surface area contributed by atoms with Crippen LogP contribution >= 0.6 is 0 Å². The summed E-state index contributed by atoms with van der Waals surface area (Å²) in [4.78, 5) is 10.5. The van der Waals surface area contributed by atoms with Gasteiger partial charge in [0.2, 0.25) is 0 Å². The molecule has 2 unspecified atom stereocenters. The van der Waals surface area contributed by atoms with Gasteiger partial charge in [-0.15, -0.1) is 0 Å². The molecule has 0 aliphatic rings. The summed E-state index contributed by atoms with van der Waals surface area (Å²) in [5.41, 5.74) is -1.69. The Hall–Kier alpha value is -0.610. The zero-order valence-electron chi connectivity index (χ0n) is 7.70. The molecule has 0 aromatic heterocycles. The van der Waals surface area contributed by atoms with Crippen molar-refractivity contribution in [1.82, 2.24) is 0 Å². The van der Waals surface area contributed by atoms with E-state index in [0.29, 0.717) is 6.61 Å². The lowest BCUT2D eigenvalue weighted by molar-refractivity contribution is -0.160. The van der Waals surface area contributed by atoms with Crippen LogP contribution in [0.15, 0.2) is 0 Å². The quantitative estimate of drug-likeness (QED) is 0.645. The lowest BCUT2D eigenvalue weighted by Crippen LogP contribution is -2.38. The van der Waals surface area contributed by atoms with Crippen LogP contribution in [0.2, 0.25) is 0 Å². The van der Waals surface area contributed by atoms with E-state index in [0.717, 1.165) is 0 Å². The molecule has 0 heterocycles. The highest BCUT2D eigenvalue weighted by molar-refractivity contribution is 5.76. The fourth-order valence-electron chi connectivity index (χ4n) is 0.990. The third-order valence-corrected chi connectivity index (χ3v) is 1.60. The Morgan fingerprint density at radius 1 is 1.67 bits per heavy atom. The summed E-state index contributed by atoms with van der Waals surface area (Å²) in [6, 6.07) is 0. The molecule has 0 saturated carbocycles. The zero-order valence-corrected chi connectivity index (χ0v) is 7.70. The molecule has 0 aliphatic heterocycles. The fourth-order valence-corrected chi connectivity index (χ4v) is 0.990. The molecular formula is C8H16O4. The smallest absolute Gasteiger partial charge is 0.335 e. The van der Waals surface area contributed by atoms with Gasteiger partial charge in [0.15, 0.2) is 5.60 Å². The van der Waals surface area contributed by atoms with Gasteiger partial charge in [0.25, 0.3) is 0 Å². The van der Waals surface area contributed by atoms with Crippen molar-refractivity contribution < 1.29 is 19.7 Å². The average Bonchev–Trinajstić information content (AvgIpc) is 1.85. The first-order valence-corrected chi connectivity index (χ1v) is 3.97. The van der Waals surface area contributed by atoms with Crippen molar-refractivity contribution in [1.29, 1.82) is 0 Å². The topological polar surface area (TPSA) is 66.8 Å². The molecule has 0 rings (SSSR count). The standard InChI is InChI=1S/C8H16O4/c1-4-12-6(2)5-8(3,11)7(9)10/h6,11H,4-5H2,1-3H3,(H,9,10). The Morgan fingerprint density at radius 2 is 2.17 bits per heavy atom. The number of carbonyl (C=O) groups is 1. The maximum atomic E-state index is 10.5. The lowest BCUT2D eigenvalue weighted by Gasteiger charge is -2.21. The monoisotopic (exact) mass is 176 g/mol. The van der Waals surface area contributed by atoms with Crippen molar-refractivity contribution in [3.05, 3.63) is 0 Å². The van der Waals surface area contributed by atoms with Gasteiger partial charge in [0.1, 0.15) is 0 Å². The number of ether oxygens (including phenoxy) is 1. The van der Waals surface area contributed by atoms with Crippen LogP contribution in [0, 0.1) is 0 Å². The highest BCUT2D eigenvalue weighted by Crippen LogP contribution is 2.14. The summed E-state index contributed by atoms with van der Waals surface area (Å²) in [6.07, 6.45) is -0.128. The molecule has 0 fully saturated rings. The Bertz CT molecular complexity index is 153. The Kier molecular flexibility index (Phi) is 4.20. The van der Waals surface area contributed by atoms with E-state index in [2.05, 4.69) is 0 Å². The fraction of sp³-hybridized carbons (Fsp3) is 0.875. The number of carboxylic acid groups (broad SMARTS) is 1. The third-order valence-electron chi connectivity index (χ3n) is 1.60. The Labute approximate surface area is 72.2 Å². The minimum atomic E-state index is -1.69. The molecule has 4 nitrogen and oxygen atoms in total. The SMILES string of the molecule is CCOC(C)CC(C)(O)C(=O)O. The zero-order chi connectivity index (χ0) is 9.78. The van der Waals surface area contributed by atoms with Crippen molar-refractivity contribution >= 4 is 5.97 Å². The second-order valence-corrected chi connectivity index (χ2v) is 3.05. The first-order chi connectivity index (χ1) is 5.40. The van der Waals surface area contributed by atoms with Crippen molar-refractivity contribution in [2.45, 2.75) is 38.9 Å². The van der Waals surface area contributed by atoms with Gasteiger partial charge in [0.05, 0.1) is 6.10 Å². The summed E-state index contributed by atoms with van der Waals surface area (Å²) >= 11 is 0. The number of aliphatic carboxylic acids is 1. The van der Waals surface area contributed by atoms with Gasteiger partial charge in [-0.2, -0.15) is 0 Å². The highest BCUT2D eigenvalue weighted by Gasteiger charge is 2.31. The molecule has 12 heavy (non-hydrogen) atoms. The van der Waals surface area contributed by atoms with Gasteiger partial charge in [-0.05, 0) is 20.8 Å². The van der Waals surface area contributed by atoms with Gasteiger partial charge >= 0.3 is 5.97 Å². The normalized spacial score (nSPS) is 18.3. The van der Waals surface area contributed by atoms with E-state index in [1.807, 2.05) is 6.92 Å².